The molecule has 0 bridgehead atoms. The number of unbranched alkanes of at least 4 members (excludes halogenated alkanes) is 4. The number of aromatic nitrogens is 6. The highest BCUT2D eigenvalue weighted by Crippen LogP contribution is 2.46. The van der Waals surface area contributed by atoms with Crippen LogP contribution in [0.25, 0.3) is 0 Å². The number of hydrogen-bond acceptors (Lipinski definition) is 14. The molecular weight excluding hydrogens is 784 g/mol. The Morgan fingerprint density at radius 2 is 1.28 bits per heavy atom. The second-order valence-electron chi connectivity index (χ2n) is 15.0. The number of carbonyl (C=O) groups is 3. The number of aliphatic carboxylic acids is 1. The van der Waals surface area contributed by atoms with Crippen LogP contribution in [0.2, 0.25) is 0 Å². The van der Waals surface area contributed by atoms with E-state index in [0.29, 0.717) is 18.3 Å². The predicted octanol–water partition coefficient (Wildman–Crippen LogP) is 8.26. The smallest absolute Gasteiger partial charge is 0.337 e. The molecule has 15 nitrogen and oxygen atoms in total. The highest BCUT2D eigenvalue weighted by atomic mass is 31.2. The monoisotopic (exact) mass is 844 g/mol. The van der Waals surface area contributed by atoms with Crippen molar-refractivity contribution in [2.45, 2.75) is 115 Å². The first-order valence-electron chi connectivity index (χ1n) is 21.1. The molecule has 4 aromatic rings. The average molecular weight is 845 g/mol. The van der Waals surface area contributed by atoms with Gasteiger partial charge in [-0.25, -0.2) is 29.9 Å². The maximum atomic E-state index is 11.9. The second-order valence-corrected chi connectivity index (χ2v) is 17.2. The fourth-order valence-electron chi connectivity index (χ4n) is 7.01. The number of carbonyl (C=O) groups excluding carboxylic acids is 2. The predicted molar refractivity (Wildman–Crippen MR) is 232 cm³/mol. The first-order chi connectivity index (χ1) is 29.2. The molecule has 0 saturated carbocycles. The van der Waals surface area contributed by atoms with E-state index in [2.05, 4.69) is 54.8 Å². The Bertz CT molecular complexity index is 1930. The van der Waals surface area contributed by atoms with Crippen molar-refractivity contribution in [3.05, 3.63) is 95.3 Å². The number of hydrogen-bond donors (Lipinski definition) is 3. The quantitative estimate of drug-likeness (QED) is 0.0435. The van der Waals surface area contributed by atoms with Gasteiger partial charge >= 0.3 is 13.6 Å². The van der Waals surface area contributed by atoms with Gasteiger partial charge in [0.2, 0.25) is 0 Å². The molecule has 6 heterocycles. The third-order valence-corrected chi connectivity index (χ3v) is 12.2. The number of aldehydes is 1. The zero-order valence-electron chi connectivity index (χ0n) is 35.1. The van der Waals surface area contributed by atoms with Gasteiger partial charge in [-0.15, -0.1) is 0 Å². The Morgan fingerprint density at radius 3 is 1.80 bits per heavy atom. The van der Waals surface area contributed by atoms with Crippen molar-refractivity contribution < 1.29 is 33.1 Å². The van der Waals surface area contributed by atoms with E-state index >= 15 is 0 Å². The summed E-state index contributed by atoms with van der Waals surface area (Å²) in [5, 5.41) is 16.0. The van der Waals surface area contributed by atoms with Crippen molar-refractivity contribution in [2.75, 3.05) is 44.1 Å². The summed E-state index contributed by atoms with van der Waals surface area (Å²) in [5.74, 6) is 1.24. The summed E-state index contributed by atoms with van der Waals surface area (Å²) in [7, 11) is -0.629. The maximum Gasteiger partial charge on any atom is 0.337 e. The normalized spacial score (nSPS) is 13.8. The van der Waals surface area contributed by atoms with Gasteiger partial charge in [0.1, 0.15) is 36.2 Å². The van der Waals surface area contributed by atoms with E-state index in [1.54, 1.807) is 12.4 Å². The first-order valence-corrected chi connectivity index (χ1v) is 22.8. The number of anilines is 2. The highest BCUT2D eigenvalue weighted by Gasteiger charge is 2.25. The fraction of sp³-hybridized carbons (Fsp3) is 0.523. The van der Waals surface area contributed by atoms with Gasteiger partial charge < -0.3 is 24.8 Å². The van der Waals surface area contributed by atoms with Crippen molar-refractivity contribution in [1.29, 1.82) is 0 Å². The third-order valence-electron chi connectivity index (χ3n) is 10.4. The Hall–Kier alpha value is -4.98. The summed E-state index contributed by atoms with van der Waals surface area (Å²) in [6.07, 6.45) is 26.1. The topological polar surface area (TPSA) is 208 Å². The summed E-state index contributed by atoms with van der Waals surface area (Å²) in [4.78, 5) is 57.7. The molecule has 324 valence electrons. The van der Waals surface area contributed by atoms with Crippen LogP contribution in [0.4, 0.5) is 11.6 Å². The number of aryl methyl sites for hydroxylation is 4. The van der Waals surface area contributed by atoms with E-state index < -0.39 is 13.6 Å². The van der Waals surface area contributed by atoms with Crippen LogP contribution < -0.4 is 10.6 Å². The molecule has 0 saturated heterocycles. The molecule has 0 radical (unpaired) electrons. The number of pyridine rings is 2. The lowest BCUT2D eigenvalue weighted by Crippen LogP contribution is -2.08. The number of rotatable bonds is 20. The lowest BCUT2D eigenvalue weighted by molar-refractivity contribution is -0.137. The molecule has 2 aliphatic heterocycles. The molecule has 0 aliphatic carbocycles. The number of ketones is 1. The van der Waals surface area contributed by atoms with E-state index in [4.69, 9.17) is 24.1 Å². The van der Waals surface area contributed by atoms with Crippen molar-refractivity contribution >= 4 is 37.3 Å². The molecule has 0 unspecified atom stereocenters. The van der Waals surface area contributed by atoms with Gasteiger partial charge in [-0.2, -0.15) is 0 Å². The Kier molecular flexibility index (Phi) is 21.4. The van der Waals surface area contributed by atoms with Gasteiger partial charge in [0.25, 0.3) is 0 Å². The van der Waals surface area contributed by atoms with E-state index in [1.807, 2.05) is 0 Å². The second kappa shape index (κ2) is 27.0. The van der Waals surface area contributed by atoms with Gasteiger partial charge in [0, 0.05) is 69.9 Å². The number of fused-ring (bicyclic) bond motifs is 2. The number of carboxylic acid groups (broad SMARTS) is 1. The van der Waals surface area contributed by atoms with E-state index in [1.165, 1.54) is 81.8 Å². The molecule has 2 aliphatic rings. The zero-order valence-corrected chi connectivity index (χ0v) is 36.0. The number of Topliss-reactive ketones (excluding diaryl/α,β-unsaturated/α-hetero) is 1. The number of nitrogens with one attached hydrogen (secondary N) is 2. The van der Waals surface area contributed by atoms with Crippen molar-refractivity contribution in [3.8, 4) is 0 Å². The summed E-state index contributed by atoms with van der Waals surface area (Å²) in [6, 6.07) is 8.64. The molecule has 1 atom stereocenters. The minimum Gasteiger partial charge on any atom is -0.481 e. The minimum absolute atomic E-state index is 0.00368. The van der Waals surface area contributed by atoms with Crippen LogP contribution >= 0.6 is 7.60 Å². The molecule has 3 N–H and O–H groups in total. The summed E-state index contributed by atoms with van der Waals surface area (Å²) >= 11 is 0. The van der Waals surface area contributed by atoms with Crippen molar-refractivity contribution in [3.63, 3.8) is 0 Å². The minimum atomic E-state index is -3.23. The summed E-state index contributed by atoms with van der Waals surface area (Å²) < 4.78 is 21.5. The van der Waals surface area contributed by atoms with Gasteiger partial charge in [0.05, 0.1) is 12.0 Å². The lowest BCUT2D eigenvalue weighted by Gasteiger charge is -2.14. The van der Waals surface area contributed by atoms with Gasteiger partial charge in [0.15, 0.2) is 6.29 Å². The Balaban J connectivity index is 0.000000225. The summed E-state index contributed by atoms with van der Waals surface area (Å²) in [5.41, 5.74) is 6.28. The van der Waals surface area contributed by atoms with E-state index in [9.17, 15) is 18.9 Å². The van der Waals surface area contributed by atoms with Crippen LogP contribution in [0.1, 0.15) is 128 Å². The zero-order chi connectivity index (χ0) is 42.8. The average Bonchev–Trinajstić information content (AvgIpc) is 3.67. The summed E-state index contributed by atoms with van der Waals surface area (Å²) in [6.45, 7) is 2.00. The van der Waals surface area contributed by atoms with Crippen molar-refractivity contribution in [2.24, 2.45) is 0 Å². The third kappa shape index (κ3) is 17.7. The Labute approximate surface area is 353 Å². The van der Waals surface area contributed by atoms with Gasteiger partial charge in [-0.05, 0) is 112 Å². The van der Waals surface area contributed by atoms with E-state index in [0.717, 1.165) is 107 Å². The molecule has 60 heavy (non-hydrogen) atoms. The van der Waals surface area contributed by atoms with Crippen LogP contribution in [0, 0.1) is 0 Å². The first kappa shape index (κ1) is 47.7. The molecule has 0 fully saturated rings. The van der Waals surface area contributed by atoms with Crippen LogP contribution in [0.15, 0.2) is 61.7 Å². The van der Waals surface area contributed by atoms with Crippen LogP contribution in [0.3, 0.4) is 0 Å². The van der Waals surface area contributed by atoms with Gasteiger partial charge in [-0.1, -0.05) is 31.4 Å². The fourth-order valence-corrected chi connectivity index (χ4v) is 8.00. The number of carboxylic acids is 1. The van der Waals surface area contributed by atoms with Crippen LogP contribution in [-0.4, -0.2) is 86.5 Å². The molecular formula is C44H61N8O7P. The molecule has 16 heteroatoms. The lowest BCUT2D eigenvalue weighted by atomic mass is 9.92. The molecule has 0 amide bonds. The van der Waals surface area contributed by atoms with Crippen molar-refractivity contribution in [1.82, 2.24) is 29.9 Å². The van der Waals surface area contributed by atoms with Crippen LogP contribution in [0.5, 0.6) is 0 Å². The number of nitrogens with zero attached hydrogens (tertiary/aromatic N) is 6. The molecule has 0 spiro atoms. The highest BCUT2D eigenvalue weighted by molar-refractivity contribution is 7.54. The van der Waals surface area contributed by atoms with Crippen LogP contribution in [-0.2, 0) is 48.9 Å². The van der Waals surface area contributed by atoms with E-state index in [-0.39, 0.29) is 24.3 Å². The SMILES string of the molecule is COP(=O)(CC(=O)CCCCc1ccc2c(n1)NCCCC2)OC.O=C(O)C[C@H](CCCCCCc1ccc2c(n1)NCCCC2)c1cncnc1.O=Cc1cncnc1. The molecule has 6 rings (SSSR count). The standard InChI is InChI=1S/C22H30N4O2.C17H27N2O4P.C5H4N2O/c27-21(28)13-18(19-14-23-16-24-15-19)8-3-1-2-4-9-20-11-10-17-7-5-6-12-25-22(17)26-20;1-22-24(21,23-2)13-16(20)9-4-3-8-15-11-10-14-7-5-6-12-18-17(14)19-15;8-3-5-1-6-4-7-2-5/h10-11,14-16,18H,1-9,12-13H2,(H,25,26)(H,27,28);10-11H,3-9,12-13H2,1-2H3,(H,18,19);1-4H/t18-;;/m0../s1. The Morgan fingerprint density at radius 1 is 0.750 bits per heavy atom. The largest absolute Gasteiger partial charge is 0.481 e. The molecule has 4 aromatic heterocycles. The molecule has 0 aromatic carbocycles. The van der Waals surface area contributed by atoms with Gasteiger partial charge in [-0.3, -0.25) is 18.9 Å². The maximum absolute atomic E-state index is 11.9.